The lowest BCUT2D eigenvalue weighted by molar-refractivity contribution is -0.140. The monoisotopic (exact) mass is 442 g/mol. The molecule has 32 heavy (non-hydrogen) atoms. The number of hydrogen-bond donors (Lipinski definition) is 0. The van der Waals surface area contributed by atoms with E-state index in [0.29, 0.717) is 23.1 Å². The van der Waals surface area contributed by atoms with Crippen LogP contribution < -0.4 is 9.47 Å². The van der Waals surface area contributed by atoms with E-state index in [2.05, 4.69) is 6.92 Å². The molecule has 2 saturated carbocycles. The summed E-state index contributed by atoms with van der Waals surface area (Å²) in [5, 5.41) is 0. The van der Waals surface area contributed by atoms with Gasteiger partial charge in [0.2, 0.25) is 5.82 Å². The van der Waals surface area contributed by atoms with Crippen LogP contribution in [0.3, 0.4) is 0 Å². The Hall–Kier alpha value is -2.43. The Labute approximate surface area is 189 Å². The lowest BCUT2D eigenvalue weighted by Crippen LogP contribution is -2.25. The third kappa shape index (κ3) is 4.53. The summed E-state index contributed by atoms with van der Waals surface area (Å²) in [6.07, 6.45) is 9.53. The molecule has 2 aliphatic carbocycles. The molecular formula is C27H32F2O3. The van der Waals surface area contributed by atoms with Crippen LogP contribution in [0.4, 0.5) is 8.78 Å². The zero-order chi connectivity index (χ0) is 22.7. The number of rotatable bonds is 8. The van der Waals surface area contributed by atoms with Crippen molar-refractivity contribution in [3.63, 3.8) is 0 Å². The van der Waals surface area contributed by atoms with E-state index in [-0.39, 0.29) is 23.2 Å². The van der Waals surface area contributed by atoms with E-state index < -0.39 is 11.6 Å². The Bertz CT molecular complexity index is 941. The fourth-order valence-electron chi connectivity index (χ4n) is 5.83. The van der Waals surface area contributed by atoms with Gasteiger partial charge in [0.15, 0.2) is 11.6 Å². The number of unbranched alkanes of at least 4 members (excludes halogenated alkanes) is 2. The van der Waals surface area contributed by atoms with Crippen LogP contribution >= 0.6 is 0 Å². The van der Waals surface area contributed by atoms with Crippen molar-refractivity contribution in [2.45, 2.75) is 58.3 Å². The van der Waals surface area contributed by atoms with Gasteiger partial charge in [-0.1, -0.05) is 44.7 Å². The molecule has 4 atom stereocenters. The molecule has 4 unspecified atom stereocenters. The molecule has 0 amide bonds. The number of halogens is 2. The van der Waals surface area contributed by atoms with Crippen molar-refractivity contribution in [3.05, 3.63) is 48.0 Å². The topological polar surface area (TPSA) is 35.5 Å². The molecule has 172 valence electrons. The van der Waals surface area contributed by atoms with E-state index in [1.165, 1.54) is 51.3 Å². The molecule has 0 N–H and O–H groups in total. The molecule has 3 nitrogen and oxygen atoms in total. The van der Waals surface area contributed by atoms with Gasteiger partial charge in [-0.3, -0.25) is 4.79 Å². The summed E-state index contributed by atoms with van der Waals surface area (Å²) in [7, 11) is 1.30. The first-order valence-electron chi connectivity index (χ1n) is 11.9. The highest BCUT2D eigenvalue weighted by Gasteiger charge is 2.47. The zero-order valence-electron chi connectivity index (χ0n) is 18.9. The molecule has 2 aromatic carbocycles. The fraction of sp³-hybridized carbons (Fsp3) is 0.519. The minimum absolute atomic E-state index is 0.0241. The van der Waals surface area contributed by atoms with Gasteiger partial charge in [-0.15, -0.1) is 0 Å². The van der Waals surface area contributed by atoms with Crippen molar-refractivity contribution in [1.82, 2.24) is 0 Å². The van der Waals surface area contributed by atoms with Gasteiger partial charge in [0, 0.05) is 5.56 Å². The summed E-state index contributed by atoms with van der Waals surface area (Å²) in [4.78, 5) is 12.9. The van der Waals surface area contributed by atoms with E-state index in [1.54, 1.807) is 24.3 Å². The third-order valence-electron chi connectivity index (χ3n) is 7.49. The molecule has 2 aromatic rings. The summed E-state index contributed by atoms with van der Waals surface area (Å²) in [5.74, 6) is 0.0416. The highest BCUT2D eigenvalue weighted by atomic mass is 19.2. The number of carbonyl (C=O) groups excluding carboxylic acids is 1. The van der Waals surface area contributed by atoms with Crippen molar-refractivity contribution in [3.8, 4) is 22.6 Å². The molecule has 0 radical (unpaired) electrons. The third-order valence-corrected chi connectivity index (χ3v) is 7.49. The largest absolute Gasteiger partial charge is 0.494 e. The van der Waals surface area contributed by atoms with Crippen molar-refractivity contribution >= 4 is 5.97 Å². The quantitative estimate of drug-likeness (QED) is 0.247. The zero-order valence-corrected chi connectivity index (χ0v) is 18.9. The van der Waals surface area contributed by atoms with Crippen molar-refractivity contribution < 1.29 is 23.0 Å². The summed E-state index contributed by atoms with van der Waals surface area (Å²) >= 11 is 0. The average Bonchev–Trinajstić information content (AvgIpc) is 3.39. The van der Waals surface area contributed by atoms with Crippen LogP contribution in [0, 0.1) is 35.3 Å². The molecule has 0 spiro atoms. The van der Waals surface area contributed by atoms with Gasteiger partial charge < -0.3 is 9.47 Å². The van der Waals surface area contributed by atoms with E-state index in [4.69, 9.17) is 9.47 Å². The van der Waals surface area contributed by atoms with E-state index >= 15 is 0 Å². The van der Waals surface area contributed by atoms with Crippen LogP contribution in [-0.2, 0) is 4.79 Å². The van der Waals surface area contributed by atoms with Gasteiger partial charge in [-0.25, -0.2) is 4.39 Å². The van der Waals surface area contributed by atoms with Gasteiger partial charge in [0.25, 0.3) is 0 Å². The number of benzene rings is 2. The Morgan fingerprint density at radius 3 is 2.41 bits per heavy atom. The van der Waals surface area contributed by atoms with Gasteiger partial charge in [-0.05, 0) is 73.3 Å². The highest BCUT2D eigenvalue weighted by Crippen LogP contribution is 2.52. The first kappa shape index (κ1) is 22.8. The lowest BCUT2D eigenvalue weighted by atomic mass is 9.86. The molecule has 0 heterocycles. The number of fused-ring (bicyclic) bond motifs is 1. The molecule has 5 heteroatoms. The summed E-state index contributed by atoms with van der Waals surface area (Å²) in [6.45, 7) is 2.23. The molecule has 2 fully saturated rings. The molecule has 0 saturated heterocycles. The van der Waals surface area contributed by atoms with E-state index in [0.717, 1.165) is 25.2 Å². The standard InChI is InChI=1S/C27H32F2O3/c1-3-4-5-6-17-9-12-22-20(17)13-14-23(22)27(30)32-19-10-7-18(8-11-19)21-15-16-24(31-2)26(29)25(21)28/h7-8,10-11,15-17,20,22-23H,3-6,9,12-14H2,1-2H3. The summed E-state index contributed by atoms with van der Waals surface area (Å²) in [6, 6.07) is 9.45. The Kier molecular flexibility index (Phi) is 7.12. The maximum Gasteiger partial charge on any atom is 0.314 e. The predicted molar refractivity (Wildman–Crippen MR) is 121 cm³/mol. The fourth-order valence-corrected chi connectivity index (χ4v) is 5.83. The second-order valence-electron chi connectivity index (χ2n) is 9.23. The highest BCUT2D eigenvalue weighted by molar-refractivity contribution is 5.76. The minimum Gasteiger partial charge on any atom is -0.494 e. The molecule has 4 rings (SSSR count). The Balaban J connectivity index is 1.38. The number of hydrogen-bond acceptors (Lipinski definition) is 3. The van der Waals surface area contributed by atoms with Gasteiger partial charge in [0.05, 0.1) is 13.0 Å². The Morgan fingerprint density at radius 2 is 1.69 bits per heavy atom. The number of methoxy groups -OCH3 is 1. The van der Waals surface area contributed by atoms with Crippen LogP contribution in [0.25, 0.3) is 11.1 Å². The second-order valence-corrected chi connectivity index (χ2v) is 9.23. The minimum atomic E-state index is -1.01. The van der Waals surface area contributed by atoms with Crippen LogP contribution in [0.2, 0.25) is 0 Å². The van der Waals surface area contributed by atoms with Crippen LogP contribution in [0.15, 0.2) is 36.4 Å². The smallest absolute Gasteiger partial charge is 0.314 e. The van der Waals surface area contributed by atoms with Gasteiger partial charge in [-0.2, -0.15) is 4.39 Å². The average molecular weight is 443 g/mol. The van der Waals surface area contributed by atoms with Gasteiger partial charge in [0.1, 0.15) is 5.75 Å². The van der Waals surface area contributed by atoms with Crippen LogP contribution in [0.5, 0.6) is 11.5 Å². The van der Waals surface area contributed by atoms with Crippen molar-refractivity contribution in [2.24, 2.45) is 23.7 Å². The lowest BCUT2D eigenvalue weighted by Gasteiger charge is -2.20. The molecule has 0 bridgehead atoms. The predicted octanol–water partition coefficient (Wildman–Crippen LogP) is 7.18. The Morgan fingerprint density at radius 1 is 0.938 bits per heavy atom. The first-order chi connectivity index (χ1) is 15.5. The first-order valence-corrected chi connectivity index (χ1v) is 11.9. The molecule has 0 aliphatic heterocycles. The van der Waals surface area contributed by atoms with E-state index in [1.807, 2.05) is 0 Å². The van der Waals surface area contributed by atoms with Crippen LogP contribution in [-0.4, -0.2) is 13.1 Å². The number of esters is 1. The van der Waals surface area contributed by atoms with Crippen molar-refractivity contribution in [1.29, 1.82) is 0 Å². The molecule has 0 aromatic heterocycles. The number of carbonyl (C=O) groups is 1. The molecule has 2 aliphatic rings. The maximum atomic E-state index is 14.4. The summed E-state index contributed by atoms with van der Waals surface area (Å²) < 4.78 is 38.9. The summed E-state index contributed by atoms with van der Waals surface area (Å²) in [5.41, 5.74) is 0.648. The number of ether oxygens (including phenoxy) is 2. The maximum absolute atomic E-state index is 14.4. The second kappa shape index (κ2) is 10.0. The SMILES string of the molecule is CCCCCC1CCC2C(C(=O)Oc3ccc(-c4ccc(OC)c(F)c4F)cc3)CCC12. The van der Waals surface area contributed by atoms with E-state index in [9.17, 15) is 13.6 Å². The molecular weight excluding hydrogens is 410 g/mol. The van der Waals surface area contributed by atoms with Crippen LogP contribution in [0.1, 0.15) is 58.3 Å². The normalized spacial score (nSPS) is 24.4. The van der Waals surface area contributed by atoms with Crippen molar-refractivity contribution in [2.75, 3.05) is 7.11 Å². The van der Waals surface area contributed by atoms with Gasteiger partial charge >= 0.3 is 5.97 Å².